The number of nitrogens with one attached hydrogen (secondary N) is 1. The lowest BCUT2D eigenvalue weighted by Crippen LogP contribution is -2.51. The average molecular weight is 421 g/mol. The number of anilines is 1. The molecule has 1 unspecified atom stereocenters. The minimum absolute atomic E-state index is 0.00617. The molecule has 1 saturated heterocycles. The zero-order valence-electron chi connectivity index (χ0n) is 16.3. The van der Waals surface area contributed by atoms with Crippen LogP contribution in [0, 0.1) is 0 Å². The van der Waals surface area contributed by atoms with Crippen LogP contribution >= 0.6 is 23.2 Å². The molecule has 1 aliphatic heterocycles. The SMILES string of the molecule is CC(CNC(=O)C1(c2ccc(Cl)cc2Cl)CCOCC1)N(C)c1ccccc1. The Balaban J connectivity index is 1.75. The van der Waals surface area contributed by atoms with E-state index in [9.17, 15) is 4.79 Å². The largest absolute Gasteiger partial charge is 0.381 e. The Hall–Kier alpha value is -1.75. The molecule has 0 aromatic heterocycles. The van der Waals surface area contributed by atoms with Gasteiger partial charge in [0, 0.05) is 48.6 Å². The molecule has 0 saturated carbocycles. The molecular weight excluding hydrogens is 395 g/mol. The summed E-state index contributed by atoms with van der Waals surface area (Å²) in [5.74, 6) is -0.00617. The Morgan fingerprint density at radius 2 is 1.86 bits per heavy atom. The predicted molar refractivity (Wildman–Crippen MR) is 116 cm³/mol. The first-order valence-corrected chi connectivity index (χ1v) is 10.3. The van der Waals surface area contributed by atoms with Crippen molar-refractivity contribution in [2.45, 2.75) is 31.2 Å². The van der Waals surface area contributed by atoms with E-state index >= 15 is 0 Å². The lowest BCUT2D eigenvalue weighted by molar-refractivity contribution is -0.130. The number of carbonyl (C=O) groups is 1. The molecule has 0 radical (unpaired) electrons. The summed E-state index contributed by atoms with van der Waals surface area (Å²) in [5, 5.41) is 4.25. The third kappa shape index (κ3) is 4.45. The number of hydrogen-bond acceptors (Lipinski definition) is 3. The second kappa shape index (κ2) is 9.17. The van der Waals surface area contributed by atoms with E-state index in [2.05, 4.69) is 29.3 Å². The molecule has 1 heterocycles. The van der Waals surface area contributed by atoms with Crippen molar-refractivity contribution in [2.24, 2.45) is 0 Å². The summed E-state index contributed by atoms with van der Waals surface area (Å²) in [6.45, 7) is 3.70. The second-order valence-corrected chi connectivity index (χ2v) is 8.17. The van der Waals surface area contributed by atoms with Crippen molar-refractivity contribution >= 4 is 34.8 Å². The molecule has 4 nitrogen and oxygen atoms in total. The number of para-hydroxylation sites is 1. The van der Waals surface area contributed by atoms with Crippen LogP contribution < -0.4 is 10.2 Å². The molecule has 1 atom stereocenters. The first-order valence-electron chi connectivity index (χ1n) is 9.53. The molecule has 6 heteroatoms. The van der Waals surface area contributed by atoms with Gasteiger partial charge >= 0.3 is 0 Å². The van der Waals surface area contributed by atoms with Crippen LogP contribution in [0.1, 0.15) is 25.3 Å². The number of halogens is 2. The summed E-state index contributed by atoms with van der Waals surface area (Å²) in [5.41, 5.74) is 1.25. The van der Waals surface area contributed by atoms with Gasteiger partial charge in [-0.3, -0.25) is 4.79 Å². The molecule has 0 spiro atoms. The predicted octanol–water partition coefficient (Wildman–Crippen LogP) is 4.68. The van der Waals surface area contributed by atoms with Crippen molar-refractivity contribution in [3.05, 3.63) is 64.1 Å². The van der Waals surface area contributed by atoms with Gasteiger partial charge in [-0.1, -0.05) is 47.5 Å². The van der Waals surface area contributed by atoms with Crippen LogP contribution in [0.25, 0.3) is 0 Å². The monoisotopic (exact) mass is 420 g/mol. The minimum atomic E-state index is -0.690. The van der Waals surface area contributed by atoms with Crippen LogP contribution in [0.2, 0.25) is 10.0 Å². The molecule has 28 heavy (non-hydrogen) atoms. The van der Waals surface area contributed by atoms with Crippen LogP contribution in [-0.4, -0.2) is 38.8 Å². The highest BCUT2D eigenvalue weighted by Gasteiger charge is 2.43. The molecular formula is C22H26Cl2N2O2. The highest BCUT2D eigenvalue weighted by atomic mass is 35.5. The summed E-state index contributed by atoms with van der Waals surface area (Å²) >= 11 is 12.5. The minimum Gasteiger partial charge on any atom is -0.381 e. The standard InChI is InChI=1S/C22H26Cl2N2O2/c1-16(26(2)18-6-4-3-5-7-18)15-25-21(27)22(10-12-28-13-11-22)19-9-8-17(23)14-20(19)24/h3-9,14,16H,10-13,15H2,1-2H3,(H,25,27). The smallest absolute Gasteiger partial charge is 0.230 e. The third-order valence-electron chi connectivity index (χ3n) is 5.61. The maximum atomic E-state index is 13.3. The topological polar surface area (TPSA) is 41.6 Å². The maximum Gasteiger partial charge on any atom is 0.230 e. The summed E-state index contributed by atoms with van der Waals surface area (Å²) in [4.78, 5) is 15.5. The quantitative estimate of drug-likeness (QED) is 0.736. The van der Waals surface area contributed by atoms with Crippen molar-refractivity contribution in [2.75, 3.05) is 31.7 Å². The van der Waals surface area contributed by atoms with E-state index in [0.717, 1.165) is 11.3 Å². The van der Waals surface area contributed by atoms with Crippen molar-refractivity contribution < 1.29 is 9.53 Å². The number of amides is 1. The van der Waals surface area contributed by atoms with Crippen LogP contribution in [-0.2, 0) is 14.9 Å². The lowest BCUT2D eigenvalue weighted by Gasteiger charge is -2.37. The third-order valence-corrected chi connectivity index (χ3v) is 6.16. The van der Waals surface area contributed by atoms with E-state index in [4.69, 9.17) is 27.9 Å². The number of likely N-dealkylation sites (N-methyl/N-ethyl adjacent to an activating group) is 1. The van der Waals surface area contributed by atoms with Crippen LogP contribution in [0.3, 0.4) is 0 Å². The van der Waals surface area contributed by atoms with Gasteiger partial charge in [0.2, 0.25) is 5.91 Å². The van der Waals surface area contributed by atoms with E-state index in [1.165, 1.54) is 0 Å². The van der Waals surface area contributed by atoms with Crippen molar-refractivity contribution in [1.82, 2.24) is 5.32 Å². The molecule has 3 rings (SSSR count). The molecule has 0 aliphatic carbocycles. The Morgan fingerprint density at radius 3 is 2.50 bits per heavy atom. The normalized spacial score (nSPS) is 17.0. The number of rotatable bonds is 6. The van der Waals surface area contributed by atoms with Gasteiger partial charge < -0.3 is 15.0 Å². The number of ether oxygens (including phenoxy) is 1. The van der Waals surface area contributed by atoms with E-state index in [1.807, 2.05) is 31.3 Å². The number of nitrogens with zero attached hydrogens (tertiary/aromatic N) is 1. The number of hydrogen-bond donors (Lipinski definition) is 1. The van der Waals surface area contributed by atoms with E-state index in [0.29, 0.717) is 42.6 Å². The molecule has 1 N–H and O–H groups in total. The molecule has 1 amide bonds. The summed E-state index contributed by atoms with van der Waals surface area (Å²) < 4.78 is 5.52. The molecule has 0 bridgehead atoms. The summed E-state index contributed by atoms with van der Waals surface area (Å²) in [6, 6.07) is 15.6. The molecule has 1 fully saturated rings. The van der Waals surface area contributed by atoms with Gasteiger partial charge in [0.05, 0.1) is 5.41 Å². The summed E-state index contributed by atoms with van der Waals surface area (Å²) in [7, 11) is 2.03. The van der Waals surface area contributed by atoms with Gasteiger partial charge in [0.15, 0.2) is 0 Å². The number of carbonyl (C=O) groups excluding carboxylic acids is 1. The van der Waals surface area contributed by atoms with Gasteiger partial charge in [-0.05, 0) is 49.6 Å². The molecule has 2 aromatic rings. The van der Waals surface area contributed by atoms with E-state index in [1.54, 1.807) is 12.1 Å². The van der Waals surface area contributed by atoms with Gasteiger partial charge in [-0.15, -0.1) is 0 Å². The van der Waals surface area contributed by atoms with Crippen molar-refractivity contribution in [1.29, 1.82) is 0 Å². The Labute approximate surface area is 176 Å². The molecule has 150 valence electrons. The lowest BCUT2D eigenvalue weighted by atomic mass is 9.73. The van der Waals surface area contributed by atoms with Crippen molar-refractivity contribution in [3.8, 4) is 0 Å². The van der Waals surface area contributed by atoms with E-state index < -0.39 is 5.41 Å². The van der Waals surface area contributed by atoms with Crippen LogP contribution in [0.5, 0.6) is 0 Å². The van der Waals surface area contributed by atoms with E-state index in [-0.39, 0.29) is 11.9 Å². The Bertz CT molecular complexity index is 807. The van der Waals surface area contributed by atoms with Gasteiger partial charge in [-0.25, -0.2) is 0 Å². The fourth-order valence-corrected chi connectivity index (χ4v) is 4.27. The maximum absolute atomic E-state index is 13.3. The van der Waals surface area contributed by atoms with Gasteiger partial charge in [0.25, 0.3) is 0 Å². The first kappa shape index (κ1) is 21.0. The summed E-state index contributed by atoms with van der Waals surface area (Å²) in [6.07, 6.45) is 1.20. The van der Waals surface area contributed by atoms with Gasteiger partial charge in [-0.2, -0.15) is 0 Å². The highest BCUT2D eigenvalue weighted by molar-refractivity contribution is 6.35. The fourth-order valence-electron chi connectivity index (χ4n) is 3.68. The van der Waals surface area contributed by atoms with Crippen LogP contribution in [0.4, 0.5) is 5.69 Å². The highest BCUT2D eigenvalue weighted by Crippen LogP contribution is 2.40. The molecule has 1 aliphatic rings. The second-order valence-electron chi connectivity index (χ2n) is 7.32. The van der Waals surface area contributed by atoms with Crippen LogP contribution in [0.15, 0.2) is 48.5 Å². The Kier molecular flexibility index (Phi) is 6.86. The zero-order chi connectivity index (χ0) is 20.1. The van der Waals surface area contributed by atoms with Crippen molar-refractivity contribution in [3.63, 3.8) is 0 Å². The van der Waals surface area contributed by atoms with Gasteiger partial charge in [0.1, 0.15) is 0 Å². The average Bonchev–Trinajstić information content (AvgIpc) is 2.72. The Morgan fingerprint density at radius 1 is 1.18 bits per heavy atom. The fraction of sp³-hybridized carbons (Fsp3) is 0.409. The first-order chi connectivity index (χ1) is 13.4. The number of benzene rings is 2. The molecule has 2 aromatic carbocycles. The zero-order valence-corrected chi connectivity index (χ0v) is 17.8.